The van der Waals surface area contributed by atoms with E-state index in [1.54, 1.807) is 6.08 Å². The van der Waals surface area contributed by atoms with Gasteiger partial charge in [-0.3, -0.25) is 4.79 Å². The van der Waals surface area contributed by atoms with E-state index in [1.165, 1.54) is 0 Å². The molecule has 1 N–H and O–H groups in total. The van der Waals surface area contributed by atoms with Gasteiger partial charge in [-0.2, -0.15) is 5.26 Å². The van der Waals surface area contributed by atoms with Crippen LogP contribution in [0.25, 0.3) is 0 Å². The molecule has 0 radical (unpaired) electrons. The Hall–Kier alpha value is -2.98. The van der Waals surface area contributed by atoms with Crippen LogP contribution in [0.2, 0.25) is 0 Å². The van der Waals surface area contributed by atoms with Crippen LogP contribution in [0.4, 0.5) is 0 Å². The molecule has 31 heavy (non-hydrogen) atoms. The third kappa shape index (κ3) is 5.59. The molecule has 1 amide bonds. The number of hydrogen-bond donors (Lipinski definition) is 1. The molecule has 4 heteroatoms. The second-order valence-corrected chi connectivity index (χ2v) is 8.90. The topological polar surface area (TPSA) is 56.1 Å². The molecule has 3 rings (SSSR count). The lowest BCUT2D eigenvalue weighted by Gasteiger charge is -2.32. The molecule has 0 bridgehead atoms. The van der Waals surface area contributed by atoms with Gasteiger partial charge in [0.05, 0.1) is 17.9 Å². The molecule has 3 atom stereocenters. The number of rotatable bonds is 8. The van der Waals surface area contributed by atoms with Crippen LogP contribution in [0.1, 0.15) is 45.4 Å². The number of nitrogens with one attached hydrogen (secondary N) is 1. The smallest absolute Gasteiger partial charge is 0.228 e. The van der Waals surface area contributed by atoms with Crippen LogP contribution in [0.15, 0.2) is 60.4 Å². The minimum atomic E-state index is -0.132. The van der Waals surface area contributed by atoms with Crippen molar-refractivity contribution in [3.8, 4) is 18.4 Å². The summed E-state index contributed by atoms with van der Waals surface area (Å²) in [6, 6.07) is 2.58. The Morgan fingerprint density at radius 1 is 1.48 bits per heavy atom. The molecule has 1 saturated heterocycles. The SMILES string of the molecule is C#CC/C=C\C1=C(C)C=CCC1C(=O)NC1CC12CCN(/C=C/C(C#N)CC=C)CC2. The average molecular weight is 416 g/mol. The van der Waals surface area contributed by atoms with Gasteiger partial charge < -0.3 is 10.2 Å². The lowest BCUT2D eigenvalue weighted by Crippen LogP contribution is -2.39. The van der Waals surface area contributed by atoms with E-state index in [9.17, 15) is 10.1 Å². The second kappa shape index (κ2) is 10.4. The maximum atomic E-state index is 13.1. The quantitative estimate of drug-likeness (QED) is 0.463. The van der Waals surface area contributed by atoms with Crippen molar-refractivity contribution in [2.75, 3.05) is 13.1 Å². The van der Waals surface area contributed by atoms with E-state index in [4.69, 9.17) is 6.42 Å². The van der Waals surface area contributed by atoms with E-state index < -0.39 is 0 Å². The van der Waals surface area contributed by atoms with Gasteiger partial charge in [-0.15, -0.1) is 18.9 Å². The monoisotopic (exact) mass is 415 g/mol. The average Bonchev–Trinajstić information content (AvgIpc) is 3.44. The third-order valence-corrected chi connectivity index (χ3v) is 6.84. The van der Waals surface area contributed by atoms with E-state index in [1.807, 2.05) is 18.2 Å². The second-order valence-electron chi connectivity index (χ2n) is 8.90. The lowest BCUT2D eigenvalue weighted by atomic mass is 9.86. The van der Waals surface area contributed by atoms with Gasteiger partial charge in [0.15, 0.2) is 0 Å². The summed E-state index contributed by atoms with van der Waals surface area (Å²) in [6.07, 6.45) is 24.6. The minimum Gasteiger partial charge on any atom is -0.378 e. The summed E-state index contributed by atoms with van der Waals surface area (Å²) in [5.41, 5.74) is 2.47. The first-order chi connectivity index (χ1) is 15.0. The van der Waals surface area contributed by atoms with Gasteiger partial charge in [0.25, 0.3) is 0 Å². The van der Waals surface area contributed by atoms with Crippen molar-refractivity contribution in [2.45, 2.75) is 51.5 Å². The number of carbonyl (C=O) groups is 1. The maximum absolute atomic E-state index is 13.1. The highest BCUT2D eigenvalue weighted by atomic mass is 16.2. The van der Waals surface area contributed by atoms with Crippen molar-refractivity contribution in [3.05, 3.63) is 60.4 Å². The summed E-state index contributed by atoms with van der Waals surface area (Å²) in [7, 11) is 0. The highest BCUT2D eigenvalue weighted by molar-refractivity contribution is 5.84. The Bertz CT molecular complexity index is 884. The molecular formula is C27H33N3O. The highest BCUT2D eigenvalue weighted by Crippen LogP contribution is 2.54. The number of allylic oxidation sites excluding steroid dienone is 7. The molecule has 0 aromatic carbocycles. The first-order valence-corrected chi connectivity index (χ1v) is 11.2. The fourth-order valence-electron chi connectivity index (χ4n) is 4.70. The van der Waals surface area contributed by atoms with Crippen molar-refractivity contribution in [2.24, 2.45) is 17.3 Å². The minimum absolute atomic E-state index is 0.105. The Morgan fingerprint density at radius 3 is 2.94 bits per heavy atom. The number of nitrogens with zero attached hydrogens (tertiary/aromatic N) is 2. The van der Waals surface area contributed by atoms with E-state index in [0.717, 1.165) is 49.9 Å². The number of amides is 1. The van der Waals surface area contributed by atoms with Crippen molar-refractivity contribution in [3.63, 3.8) is 0 Å². The number of terminal acetylenes is 1. The Labute approximate surface area is 187 Å². The van der Waals surface area contributed by atoms with Crippen LogP contribution in [-0.4, -0.2) is 29.9 Å². The first-order valence-electron chi connectivity index (χ1n) is 11.2. The predicted molar refractivity (Wildman–Crippen MR) is 125 cm³/mol. The molecule has 1 saturated carbocycles. The van der Waals surface area contributed by atoms with Gasteiger partial charge in [-0.05, 0) is 61.8 Å². The van der Waals surface area contributed by atoms with Crippen molar-refractivity contribution < 1.29 is 4.79 Å². The summed E-state index contributed by atoms with van der Waals surface area (Å²) in [5.74, 6) is 2.52. The van der Waals surface area contributed by atoms with Crippen LogP contribution in [-0.2, 0) is 4.79 Å². The molecular weight excluding hydrogens is 382 g/mol. The molecule has 0 aromatic heterocycles. The summed E-state index contributed by atoms with van der Waals surface area (Å²) in [5, 5.41) is 12.5. The van der Waals surface area contributed by atoms with Crippen LogP contribution >= 0.6 is 0 Å². The van der Waals surface area contributed by atoms with Crippen LogP contribution in [0.3, 0.4) is 0 Å². The number of hydrogen-bond acceptors (Lipinski definition) is 3. The summed E-state index contributed by atoms with van der Waals surface area (Å²) < 4.78 is 0. The summed E-state index contributed by atoms with van der Waals surface area (Å²) >= 11 is 0. The zero-order chi connectivity index (χ0) is 22.3. The van der Waals surface area contributed by atoms with Gasteiger partial charge in [0.2, 0.25) is 5.91 Å². The maximum Gasteiger partial charge on any atom is 0.228 e. The molecule has 2 fully saturated rings. The number of likely N-dealkylation sites (tertiary alicyclic amines) is 1. The summed E-state index contributed by atoms with van der Waals surface area (Å²) in [6.45, 7) is 7.71. The van der Waals surface area contributed by atoms with Crippen LogP contribution in [0, 0.1) is 40.9 Å². The van der Waals surface area contributed by atoms with E-state index in [0.29, 0.717) is 12.8 Å². The normalized spacial score (nSPS) is 25.5. The van der Waals surface area contributed by atoms with Crippen molar-refractivity contribution in [1.82, 2.24) is 10.2 Å². The number of carbonyl (C=O) groups excluding carboxylic acids is 1. The lowest BCUT2D eigenvalue weighted by molar-refractivity contribution is -0.124. The van der Waals surface area contributed by atoms with Crippen molar-refractivity contribution >= 4 is 5.91 Å². The molecule has 2 aliphatic carbocycles. The predicted octanol–water partition coefficient (Wildman–Crippen LogP) is 4.66. The van der Waals surface area contributed by atoms with Gasteiger partial charge in [-0.1, -0.05) is 36.5 Å². The van der Waals surface area contributed by atoms with Crippen molar-refractivity contribution in [1.29, 1.82) is 5.26 Å². The Morgan fingerprint density at radius 2 is 2.26 bits per heavy atom. The number of piperidine rings is 1. The molecule has 4 nitrogen and oxygen atoms in total. The van der Waals surface area contributed by atoms with E-state index in [-0.39, 0.29) is 29.2 Å². The van der Waals surface area contributed by atoms with Crippen LogP contribution in [0.5, 0.6) is 0 Å². The molecule has 3 unspecified atom stereocenters. The Kier molecular flexibility index (Phi) is 7.59. The van der Waals surface area contributed by atoms with E-state index >= 15 is 0 Å². The molecule has 0 aromatic rings. The standard InChI is InChI=1S/C27H33N3O/c1-4-6-7-11-23-21(3)10-8-12-24(23)26(31)29-25-19-27(25)14-17-30(18-15-27)16-13-22(20-28)9-5-2/h1,5,7-8,10-11,13,16,22,24-25H,2,6,9,12,14-15,17-19H2,3H3,(H,29,31)/b11-7-,16-13+. The molecule has 1 aliphatic heterocycles. The van der Waals surface area contributed by atoms with Crippen LogP contribution < -0.4 is 5.32 Å². The molecule has 1 spiro atoms. The first kappa shape index (κ1) is 22.7. The zero-order valence-corrected chi connectivity index (χ0v) is 18.5. The molecule has 162 valence electrons. The van der Waals surface area contributed by atoms with Gasteiger partial charge in [0.1, 0.15) is 0 Å². The fraction of sp³-hybridized carbons (Fsp3) is 0.481. The van der Waals surface area contributed by atoms with Gasteiger partial charge in [0, 0.05) is 25.6 Å². The largest absolute Gasteiger partial charge is 0.378 e. The Balaban J connectivity index is 1.52. The molecule has 3 aliphatic rings. The zero-order valence-electron chi connectivity index (χ0n) is 18.5. The third-order valence-electron chi connectivity index (χ3n) is 6.84. The molecule has 1 heterocycles. The van der Waals surface area contributed by atoms with Gasteiger partial charge in [-0.25, -0.2) is 0 Å². The van der Waals surface area contributed by atoms with Gasteiger partial charge >= 0.3 is 0 Å². The fourth-order valence-corrected chi connectivity index (χ4v) is 4.70. The van der Waals surface area contributed by atoms with E-state index in [2.05, 4.69) is 54.1 Å². The summed E-state index contributed by atoms with van der Waals surface area (Å²) in [4.78, 5) is 15.4. The number of nitriles is 1. The highest BCUT2D eigenvalue weighted by Gasteiger charge is 2.55.